The lowest BCUT2D eigenvalue weighted by Crippen LogP contribution is -2.45. The van der Waals surface area contributed by atoms with E-state index in [-0.39, 0.29) is 12.0 Å². The number of carbonyl (C=O) groups excluding carboxylic acids is 1. The van der Waals surface area contributed by atoms with Gasteiger partial charge in [-0.05, 0) is 24.5 Å². The molecule has 0 radical (unpaired) electrons. The number of aromatic amines is 1. The van der Waals surface area contributed by atoms with Crippen LogP contribution in [0.2, 0.25) is 5.02 Å². The van der Waals surface area contributed by atoms with Gasteiger partial charge < -0.3 is 14.6 Å². The zero-order valence-electron chi connectivity index (χ0n) is 14.3. The monoisotopic (exact) mass is 369 g/mol. The molecule has 4 rings (SSSR count). The van der Waals surface area contributed by atoms with Gasteiger partial charge in [-0.25, -0.2) is 0 Å². The number of hydrogen-bond acceptors (Lipinski definition) is 3. The first-order valence-corrected chi connectivity index (χ1v) is 9.17. The lowest BCUT2D eigenvalue weighted by molar-refractivity contribution is -0.133. The Kier molecular flexibility index (Phi) is 4.80. The average Bonchev–Trinajstić information content (AvgIpc) is 3.07. The van der Waals surface area contributed by atoms with E-state index in [1.807, 2.05) is 35.4 Å². The number of carbonyl (C=O) groups is 1. The van der Waals surface area contributed by atoms with Gasteiger partial charge in [-0.3, -0.25) is 9.78 Å². The fraction of sp³-hybridized carbons (Fsp3) is 0.300. The maximum atomic E-state index is 12.8. The van der Waals surface area contributed by atoms with Crippen molar-refractivity contribution in [2.45, 2.75) is 25.4 Å². The van der Waals surface area contributed by atoms with Crippen molar-refractivity contribution in [2.75, 3.05) is 13.1 Å². The van der Waals surface area contributed by atoms with Crippen molar-refractivity contribution >= 4 is 28.4 Å². The molecule has 1 aliphatic rings. The highest BCUT2D eigenvalue weighted by atomic mass is 35.5. The fourth-order valence-electron chi connectivity index (χ4n) is 3.45. The van der Waals surface area contributed by atoms with Gasteiger partial charge in [0.2, 0.25) is 5.91 Å². The number of H-pyrrole nitrogens is 1. The van der Waals surface area contributed by atoms with E-state index in [1.54, 1.807) is 18.5 Å². The molecule has 134 valence electrons. The minimum atomic E-state index is -0.0458. The Balaban J connectivity index is 1.42. The van der Waals surface area contributed by atoms with Gasteiger partial charge in [0, 0.05) is 42.1 Å². The van der Waals surface area contributed by atoms with Gasteiger partial charge in [0.15, 0.2) is 0 Å². The van der Waals surface area contributed by atoms with Crippen molar-refractivity contribution in [1.29, 1.82) is 0 Å². The molecule has 1 amide bonds. The summed E-state index contributed by atoms with van der Waals surface area (Å²) in [6.45, 7) is 1.35. The van der Waals surface area contributed by atoms with E-state index in [0.717, 1.165) is 35.9 Å². The van der Waals surface area contributed by atoms with Crippen LogP contribution in [-0.2, 0) is 11.2 Å². The first kappa shape index (κ1) is 16.9. The lowest BCUT2D eigenvalue weighted by atomic mass is 10.1. The van der Waals surface area contributed by atoms with Gasteiger partial charge in [-0.2, -0.15) is 0 Å². The Bertz CT molecular complexity index is 924. The van der Waals surface area contributed by atoms with Crippen molar-refractivity contribution < 1.29 is 9.53 Å². The summed E-state index contributed by atoms with van der Waals surface area (Å²) >= 11 is 6.12. The zero-order valence-corrected chi connectivity index (χ0v) is 15.1. The Morgan fingerprint density at radius 1 is 1.35 bits per heavy atom. The number of hydrogen-bond donors (Lipinski definition) is 1. The Labute approximate surface area is 156 Å². The molecule has 2 aromatic heterocycles. The van der Waals surface area contributed by atoms with Gasteiger partial charge >= 0.3 is 0 Å². The third-order valence-corrected chi connectivity index (χ3v) is 5.06. The topological polar surface area (TPSA) is 58.2 Å². The molecule has 1 atom stereocenters. The average molecular weight is 370 g/mol. The summed E-state index contributed by atoms with van der Waals surface area (Å²) in [7, 11) is 0. The maximum Gasteiger partial charge on any atom is 0.227 e. The van der Waals surface area contributed by atoms with E-state index in [0.29, 0.717) is 23.7 Å². The van der Waals surface area contributed by atoms with E-state index >= 15 is 0 Å². The molecule has 0 saturated carbocycles. The van der Waals surface area contributed by atoms with Crippen LogP contribution < -0.4 is 4.74 Å². The number of rotatable bonds is 4. The van der Waals surface area contributed by atoms with Gasteiger partial charge in [0.05, 0.1) is 13.0 Å². The van der Waals surface area contributed by atoms with Crippen molar-refractivity contribution in [1.82, 2.24) is 14.9 Å². The first-order chi connectivity index (χ1) is 12.7. The summed E-state index contributed by atoms with van der Waals surface area (Å²) in [6.07, 6.45) is 7.34. The minimum Gasteiger partial charge on any atom is -0.487 e. The fourth-order valence-corrected chi connectivity index (χ4v) is 3.61. The van der Waals surface area contributed by atoms with Crippen LogP contribution in [0.4, 0.5) is 0 Å². The van der Waals surface area contributed by atoms with E-state index in [9.17, 15) is 4.79 Å². The summed E-state index contributed by atoms with van der Waals surface area (Å²) in [5.41, 5.74) is 2.09. The zero-order chi connectivity index (χ0) is 17.9. The quantitative estimate of drug-likeness (QED) is 0.760. The van der Waals surface area contributed by atoms with E-state index in [1.165, 1.54) is 0 Å². The van der Waals surface area contributed by atoms with Crippen molar-refractivity contribution in [3.8, 4) is 5.75 Å². The first-order valence-electron chi connectivity index (χ1n) is 8.79. The number of benzene rings is 1. The highest BCUT2D eigenvalue weighted by Crippen LogP contribution is 2.26. The smallest absolute Gasteiger partial charge is 0.227 e. The summed E-state index contributed by atoms with van der Waals surface area (Å²) < 4.78 is 6.00. The number of halogens is 1. The number of ether oxygens (including phenoxy) is 1. The van der Waals surface area contributed by atoms with E-state index < -0.39 is 0 Å². The number of piperidine rings is 1. The number of nitrogens with zero attached hydrogens (tertiary/aromatic N) is 2. The van der Waals surface area contributed by atoms with Crippen molar-refractivity contribution in [2.24, 2.45) is 0 Å². The molecule has 26 heavy (non-hydrogen) atoms. The molecule has 1 aromatic carbocycles. The third-order valence-electron chi connectivity index (χ3n) is 4.78. The number of aromatic nitrogens is 2. The third kappa shape index (κ3) is 3.53. The molecule has 1 saturated heterocycles. The number of fused-ring (bicyclic) bond motifs is 1. The van der Waals surface area contributed by atoms with Gasteiger partial charge in [0.25, 0.3) is 0 Å². The second-order valence-electron chi connectivity index (χ2n) is 6.56. The van der Waals surface area contributed by atoms with E-state index in [2.05, 4.69) is 9.97 Å². The van der Waals surface area contributed by atoms with Crippen LogP contribution in [0.1, 0.15) is 18.4 Å². The van der Waals surface area contributed by atoms with Crippen molar-refractivity contribution in [3.05, 3.63) is 59.5 Å². The Morgan fingerprint density at radius 3 is 3.12 bits per heavy atom. The molecule has 0 bridgehead atoms. The van der Waals surface area contributed by atoms with Crippen LogP contribution in [0.25, 0.3) is 10.9 Å². The predicted octanol–water partition coefficient (Wildman–Crippen LogP) is 3.83. The van der Waals surface area contributed by atoms with Gasteiger partial charge in [-0.1, -0.05) is 29.8 Å². The van der Waals surface area contributed by atoms with Crippen molar-refractivity contribution in [3.63, 3.8) is 0 Å². The van der Waals surface area contributed by atoms with Crippen LogP contribution in [-0.4, -0.2) is 40.0 Å². The van der Waals surface area contributed by atoms with Crippen LogP contribution in [0.15, 0.2) is 48.9 Å². The number of pyridine rings is 1. The van der Waals surface area contributed by atoms with Crippen LogP contribution >= 0.6 is 11.6 Å². The molecule has 1 aliphatic heterocycles. The molecule has 1 fully saturated rings. The largest absolute Gasteiger partial charge is 0.487 e. The number of para-hydroxylation sites is 1. The number of likely N-dealkylation sites (tertiary alicyclic amines) is 1. The minimum absolute atomic E-state index is 0.0458. The Hall–Kier alpha value is -2.53. The maximum absolute atomic E-state index is 12.8. The molecular weight excluding hydrogens is 350 g/mol. The molecule has 6 heteroatoms. The standard InChI is InChI=1S/C20H20ClN3O2/c21-17-12-22-8-7-19(17)26-15-4-3-9-24(13-15)20(25)10-14-11-23-18-6-2-1-5-16(14)18/h1-2,5-8,11-12,15,23H,3-4,9-10,13H2/t15-/m0/s1. The second kappa shape index (κ2) is 7.38. The summed E-state index contributed by atoms with van der Waals surface area (Å²) in [6, 6.07) is 9.80. The van der Waals surface area contributed by atoms with Crippen LogP contribution in [0.3, 0.4) is 0 Å². The highest BCUT2D eigenvalue weighted by Gasteiger charge is 2.26. The van der Waals surface area contributed by atoms with Crippen LogP contribution in [0.5, 0.6) is 5.75 Å². The molecular formula is C20H20ClN3O2. The summed E-state index contributed by atoms with van der Waals surface area (Å²) in [5, 5.41) is 1.60. The predicted molar refractivity (Wildman–Crippen MR) is 101 cm³/mol. The molecule has 0 spiro atoms. The molecule has 0 unspecified atom stereocenters. The molecule has 3 aromatic rings. The number of nitrogens with one attached hydrogen (secondary N) is 1. The second-order valence-corrected chi connectivity index (χ2v) is 6.97. The molecule has 5 nitrogen and oxygen atoms in total. The van der Waals surface area contributed by atoms with Gasteiger partial charge in [0.1, 0.15) is 16.9 Å². The Morgan fingerprint density at radius 2 is 2.23 bits per heavy atom. The van der Waals surface area contributed by atoms with Crippen LogP contribution in [0, 0.1) is 0 Å². The summed E-state index contributed by atoms with van der Waals surface area (Å²) in [4.78, 5) is 21.9. The SMILES string of the molecule is O=C(Cc1c[nH]c2ccccc12)N1CCC[C@H](Oc2ccncc2Cl)C1. The molecule has 0 aliphatic carbocycles. The summed E-state index contributed by atoms with van der Waals surface area (Å²) in [5.74, 6) is 0.751. The molecule has 1 N–H and O–H groups in total. The number of amides is 1. The highest BCUT2D eigenvalue weighted by molar-refractivity contribution is 6.31. The van der Waals surface area contributed by atoms with Gasteiger partial charge in [-0.15, -0.1) is 0 Å². The van der Waals surface area contributed by atoms with E-state index in [4.69, 9.17) is 16.3 Å². The molecule has 3 heterocycles. The normalized spacial score (nSPS) is 17.4. The lowest BCUT2D eigenvalue weighted by Gasteiger charge is -2.33.